The fraction of sp³-hybridized carbons (Fsp3) is 0.562. The summed E-state index contributed by atoms with van der Waals surface area (Å²) in [4.78, 5) is 12.3. The number of halogens is 1. The van der Waals surface area contributed by atoms with Crippen LogP contribution in [0.1, 0.15) is 37.6 Å². The van der Waals surface area contributed by atoms with E-state index in [1.807, 2.05) is 20.8 Å². The van der Waals surface area contributed by atoms with Crippen LogP contribution in [0.15, 0.2) is 18.2 Å². The predicted molar refractivity (Wildman–Crippen MR) is 98.2 cm³/mol. The summed E-state index contributed by atoms with van der Waals surface area (Å²) in [6.45, 7) is 6.44. The Morgan fingerprint density at radius 1 is 1.40 bits per heavy atom. The van der Waals surface area contributed by atoms with E-state index in [1.165, 1.54) is 22.5 Å². The van der Waals surface area contributed by atoms with Gasteiger partial charge < -0.3 is 10.1 Å². The second-order valence-electron chi connectivity index (χ2n) is 6.67. The zero-order valence-electron chi connectivity index (χ0n) is 14.8. The highest BCUT2D eigenvalue weighted by atomic mass is 35.5. The molecular weight excluding hydrogens is 366 g/mol. The molecule has 0 aromatic heterocycles. The number of ether oxygens (including phenoxy) is 1. The molecule has 1 aromatic rings. The van der Waals surface area contributed by atoms with Gasteiger partial charge in [0.2, 0.25) is 0 Å². The maximum Gasteiger partial charge on any atom is 0.301 e. The number of benzene rings is 1. The Bertz CT molecular complexity index is 746. The van der Waals surface area contributed by atoms with Crippen LogP contribution in [-0.2, 0) is 14.9 Å². The first-order valence-electron chi connectivity index (χ1n) is 8.00. The Kier molecular flexibility index (Phi) is 5.98. The van der Waals surface area contributed by atoms with Crippen LogP contribution in [-0.4, -0.2) is 50.5 Å². The van der Waals surface area contributed by atoms with Crippen LogP contribution in [0, 0.1) is 0 Å². The monoisotopic (exact) mass is 389 g/mol. The molecule has 2 N–H and O–H groups in total. The quantitative estimate of drug-likeness (QED) is 0.748. The van der Waals surface area contributed by atoms with Gasteiger partial charge in [-0.05, 0) is 38.5 Å². The van der Waals surface area contributed by atoms with Gasteiger partial charge in [-0.1, -0.05) is 18.5 Å². The molecule has 140 valence electrons. The van der Waals surface area contributed by atoms with Crippen LogP contribution >= 0.6 is 11.6 Å². The van der Waals surface area contributed by atoms with Crippen LogP contribution in [0.2, 0.25) is 5.02 Å². The fourth-order valence-corrected chi connectivity index (χ4v) is 3.73. The lowest BCUT2D eigenvalue weighted by molar-refractivity contribution is 0.0128. The van der Waals surface area contributed by atoms with Gasteiger partial charge in [0, 0.05) is 25.7 Å². The fourth-order valence-electron chi connectivity index (χ4n) is 2.19. The summed E-state index contributed by atoms with van der Waals surface area (Å²) in [5.74, 6) is -0.295. The van der Waals surface area contributed by atoms with Crippen LogP contribution in [0.5, 0.6) is 0 Å². The van der Waals surface area contributed by atoms with Crippen molar-refractivity contribution in [2.75, 3.05) is 24.9 Å². The van der Waals surface area contributed by atoms with Crippen molar-refractivity contribution in [1.82, 2.24) is 9.62 Å². The zero-order valence-corrected chi connectivity index (χ0v) is 16.4. The second kappa shape index (κ2) is 7.49. The van der Waals surface area contributed by atoms with E-state index in [2.05, 4.69) is 10.0 Å². The molecule has 25 heavy (non-hydrogen) atoms. The van der Waals surface area contributed by atoms with E-state index in [1.54, 1.807) is 7.11 Å². The molecule has 1 saturated heterocycles. The molecule has 1 heterocycles. The zero-order chi connectivity index (χ0) is 18.8. The summed E-state index contributed by atoms with van der Waals surface area (Å²) < 4.78 is 33.3. The Morgan fingerprint density at radius 2 is 2.04 bits per heavy atom. The maximum absolute atomic E-state index is 12.3. The molecule has 0 bridgehead atoms. The number of nitrogens with one attached hydrogen (secondary N) is 2. The van der Waals surface area contributed by atoms with Crippen LogP contribution in [0.3, 0.4) is 0 Å². The Hall–Kier alpha value is -1.35. The van der Waals surface area contributed by atoms with Gasteiger partial charge in [0.1, 0.15) is 0 Å². The maximum atomic E-state index is 12.3. The summed E-state index contributed by atoms with van der Waals surface area (Å²) >= 11 is 6.17. The summed E-state index contributed by atoms with van der Waals surface area (Å²) in [7, 11) is -2.11. The van der Waals surface area contributed by atoms with Gasteiger partial charge in [0.15, 0.2) is 0 Å². The molecule has 0 aliphatic carbocycles. The third kappa shape index (κ3) is 4.84. The van der Waals surface area contributed by atoms with Gasteiger partial charge in [-0.3, -0.25) is 9.52 Å². The number of hydrogen-bond donors (Lipinski definition) is 2. The number of hydrogen-bond acceptors (Lipinski definition) is 4. The van der Waals surface area contributed by atoms with E-state index in [0.717, 1.165) is 6.42 Å². The molecular formula is C16H24ClN3O4S. The first-order valence-corrected chi connectivity index (χ1v) is 9.82. The highest BCUT2D eigenvalue weighted by Gasteiger charge is 2.36. The average Bonchev–Trinajstić information content (AvgIpc) is 2.44. The lowest BCUT2D eigenvalue weighted by Crippen LogP contribution is -2.55. The van der Waals surface area contributed by atoms with Gasteiger partial charge in [0.25, 0.3) is 5.91 Å². The van der Waals surface area contributed by atoms with Gasteiger partial charge in [-0.15, -0.1) is 0 Å². The van der Waals surface area contributed by atoms with Crippen LogP contribution in [0.4, 0.5) is 5.69 Å². The molecule has 1 aliphatic rings. The van der Waals surface area contributed by atoms with E-state index in [4.69, 9.17) is 16.3 Å². The van der Waals surface area contributed by atoms with E-state index in [-0.39, 0.29) is 22.6 Å². The second-order valence-corrected chi connectivity index (χ2v) is 8.75. The molecule has 0 unspecified atom stereocenters. The minimum atomic E-state index is -3.66. The van der Waals surface area contributed by atoms with Crippen molar-refractivity contribution in [3.8, 4) is 0 Å². The van der Waals surface area contributed by atoms with Gasteiger partial charge in [-0.2, -0.15) is 12.7 Å². The van der Waals surface area contributed by atoms with E-state index < -0.39 is 10.2 Å². The minimum absolute atomic E-state index is 0.0758. The molecule has 0 spiro atoms. The predicted octanol–water partition coefficient (Wildman–Crippen LogP) is 2.25. The van der Waals surface area contributed by atoms with Gasteiger partial charge in [-0.25, -0.2) is 0 Å². The third-order valence-corrected chi connectivity index (χ3v) is 6.07. The van der Waals surface area contributed by atoms with Crippen LogP contribution < -0.4 is 10.0 Å². The number of anilines is 1. The molecule has 1 amide bonds. The first-order chi connectivity index (χ1) is 11.6. The van der Waals surface area contributed by atoms with Crippen molar-refractivity contribution in [2.45, 2.75) is 38.8 Å². The van der Waals surface area contributed by atoms with Crippen molar-refractivity contribution < 1.29 is 17.9 Å². The highest BCUT2D eigenvalue weighted by molar-refractivity contribution is 7.90. The number of rotatable bonds is 7. The molecule has 0 saturated carbocycles. The number of amides is 1. The lowest BCUT2D eigenvalue weighted by atomic mass is 10.0. The number of methoxy groups -OCH3 is 1. The lowest BCUT2D eigenvalue weighted by Gasteiger charge is -2.36. The number of nitrogens with zero attached hydrogens (tertiary/aromatic N) is 1. The standard InChI is InChI=1S/C16H24ClN3O4S/c1-5-16(2,3)18-15(21)13-7-6-11(8-14(13)17)19-25(22,23)20-9-12(10-20)24-4/h6-8,12,19H,5,9-10H2,1-4H3,(H,18,21). The van der Waals surface area contributed by atoms with Crippen molar-refractivity contribution >= 4 is 33.4 Å². The summed E-state index contributed by atoms with van der Waals surface area (Å²) in [5, 5.41) is 3.08. The Morgan fingerprint density at radius 3 is 2.56 bits per heavy atom. The molecule has 0 radical (unpaired) electrons. The van der Waals surface area contributed by atoms with E-state index in [9.17, 15) is 13.2 Å². The SMILES string of the molecule is CCC(C)(C)NC(=O)c1ccc(NS(=O)(=O)N2CC(OC)C2)cc1Cl. The average molecular weight is 390 g/mol. The minimum Gasteiger partial charge on any atom is -0.379 e. The van der Waals surface area contributed by atoms with E-state index in [0.29, 0.717) is 24.3 Å². The largest absolute Gasteiger partial charge is 0.379 e. The third-order valence-electron chi connectivity index (χ3n) is 4.28. The normalized spacial score (nSPS) is 16.4. The molecule has 2 rings (SSSR count). The van der Waals surface area contributed by atoms with Gasteiger partial charge >= 0.3 is 10.2 Å². The Labute approximate surface area is 153 Å². The Balaban J connectivity index is 2.08. The molecule has 1 aromatic carbocycles. The summed E-state index contributed by atoms with van der Waals surface area (Å²) in [5.41, 5.74) is 0.252. The molecule has 0 atom stereocenters. The summed E-state index contributed by atoms with van der Waals surface area (Å²) in [6, 6.07) is 4.46. The van der Waals surface area contributed by atoms with Crippen molar-refractivity contribution in [3.05, 3.63) is 28.8 Å². The van der Waals surface area contributed by atoms with Crippen molar-refractivity contribution in [3.63, 3.8) is 0 Å². The number of carbonyl (C=O) groups is 1. The smallest absolute Gasteiger partial charge is 0.301 e. The highest BCUT2D eigenvalue weighted by Crippen LogP contribution is 2.24. The molecule has 7 nitrogen and oxygen atoms in total. The topological polar surface area (TPSA) is 87.7 Å². The molecule has 1 fully saturated rings. The van der Waals surface area contributed by atoms with Gasteiger partial charge in [0.05, 0.1) is 22.4 Å². The van der Waals surface area contributed by atoms with Crippen molar-refractivity contribution in [1.29, 1.82) is 0 Å². The van der Waals surface area contributed by atoms with E-state index >= 15 is 0 Å². The first kappa shape index (κ1) is 20.0. The summed E-state index contributed by atoms with van der Waals surface area (Å²) in [6.07, 6.45) is 0.695. The molecule has 9 heteroatoms. The van der Waals surface area contributed by atoms with Crippen LogP contribution in [0.25, 0.3) is 0 Å². The van der Waals surface area contributed by atoms with Crippen molar-refractivity contribution in [2.24, 2.45) is 0 Å². The molecule has 1 aliphatic heterocycles. The number of carbonyl (C=O) groups excluding carboxylic acids is 1.